The summed E-state index contributed by atoms with van der Waals surface area (Å²) in [6, 6.07) is 26.2. The van der Waals surface area contributed by atoms with E-state index in [0.29, 0.717) is 31.5 Å². The maximum atomic E-state index is 13.3. The van der Waals surface area contributed by atoms with Crippen molar-refractivity contribution in [3.05, 3.63) is 101 Å². The van der Waals surface area contributed by atoms with Crippen LogP contribution in [0.15, 0.2) is 78.9 Å². The van der Waals surface area contributed by atoms with Crippen molar-refractivity contribution in [1.29, 1.82) is 0 Å². The zero-order chi connectivity index (χ0) is 30.3. The number of amides is 1. The quantitative estimate of drug-likeness (QED) is 0.187. The fourth-order valence-corrected chi connectivity index (χ4v) is 4.77. The second-order valence-electron chi connectivity index (χ2n) is 12.6. The number of hydrogen-bond acceptors (Lipinski definition) is 5. The van der Waals surface area contributed by atoms with Crippen LogP contribution in [0.4, 0.5) is 0 Å². The van der Waals surface area contributed by atoms with Crippen LogP contribution >= 0.6 is 0 Å². The number of pyridine rings is 1. The minimum Gasteiger partial charge on any atom is -0.469 e. The highest BCUT2D eigenvalue weighted by molar-refractivity contribution is 5.97. The molecule has 6 heteroatoms. The lowest BCUT2D eigenvalue weighted by Crippen LogP contribution is -2.35. The summed E-state index contributed by atoms with van der Waals surface area (Å²) >= 11 is 0. The van der Waals surface area contributed by atoms with E-state index in [1.807, 2.05) is 68.4 Å². The van der Waals surface area contributed by atoms with Gasteiger partial charge in [0, 0.05) is 24.0 Å². The van der Waals surface area contributed by atoms with Crippen molar-refractivity contribution in [3.63, 3.8) is 0 Å². The van der Waals surface area contributed by atoms with Crippen molar-refractivity contribution in [2.45, 2.75) is 65.7 Å². The molecule has 0 bridgehead atoms. The van der Waals surface area contributed by atoms with Gasteiger partial charge in [-0.1, -0.05) is 83.1 Å². The van der Waals surface area contributed by atoms with Gasteiger partial charge < -0.3 is 14.8 Å². The molecule has 0 aliphatic rings. The number of rotatable bonds is 11. The summed E-state index contributed by atoms with van der Waals surface area (Å²) in [6.45, 7) is 11.0. The van der Waals surface area contributed by atoms with Crippen molar-refractivity contribution < 1.29 is 19.1 Å². The maximum Gasteiger partial charge on any atom is 0.305 e. The van der Waals surface area contributed by atoms with Crippen LogP contribution in [0.2, 0.25) is 0 Å². The first-order chi connectivity index (χ1) is 19.9. The third-order valence-corrected chi connectivity index (χ3v) is 7.53. The topological polar surface area (TPSA) is 77.5 Å². The monoisotopic (exact) mass is 566 g/mol. The molecule has 3 aromatic carbocycles. The third-order valence-electron chi connectivity index (χ3n) is 7.53. The van der Waals surface area contributed by atoms with E-state index >= 15 is 0 Å². The summed E-state index contributed by atoms with van der Waals surface area (Å²) in [6.07, 6.45) is 2.39. The first kappa shape index (κ1) is 30.8. The Kier molecular flexibility index (Phi) is 9.66. The maximum absolute atomic E-state index is 13.3. The summed E-state index contributed by atoms with van der Waals surface area (Å²) in [4.78, 5) is 29.7. The molecule has 0 unspecified atom stereocenters. The van der Waals surface area contributed by atoms with E-state index in [1.165, 1.54) is 18.2 Å². The number of carbonyl (C=O) groups is 2. The highest BCUT2D eigenvalue weighted by Gasteiger charge is 2.22. The molecule has 4 rings (SSSR count). The fraction of sp³-hybridized carbons (Fsp3) is 0.361. The number of esters is 1. The van der Waals surface area contributed by atoms with Gasteiger partial charge in [-0.05, 0) is 76.9 Å². The van der Waals surface area contributed by atoms with E-state index in [9.17, 15) is 9.59 Å². The Morgan fingerprint density at radius 2 is 1.52 bits per heavy atom. The van der Waals surface area contributed by atoms with Crippen LogP contribution in [0.25, 0.3) is 10.8 Å². The smallest absolute Gasteiger partial charge is 0.305 e. The first-order valence-corrected chi connectivity index (χ1v) is 14.5. The number of nitrogens with one attached hydrogen (secondary N) is 1. The minimum absolute atomic E-state index is 0.0730. The third kappa shape index (κ3) is 8.41. The molecule has 1 N–H and O–H groups in total. The largest absolute Gasteiger partial charge is 0.469 e. The number of benzene rings is 3. The molecule has 0 radical (unpaired) electrons. The average molecular weight is 567 g/mol. The second-order valence-corrected chi connectivity index (χ2v) is 12.6. The number of ether oxygens (including phenoxy) is 2. The minimum atomic E-state index is -0.270. The van der Waals surface area contributed by atoms with Gasteiger partial charge in [-0.25, -0.2) is 4.98 Å². The Morgan fingerprint density at radius 3 is 2.19 bits per heavy atom. The van der Waals surface area contributed by atoms with Crippen molar-refractivity contribution in [1.82, 2.24) is 10.3 Å². The van der Waals surface area contributed by atoms with Gasteiger partial charge in [0.05, 0.1) is 7.11 Å². The normalized spacial score (nSPS) is 11.8. The molecule has 0 saturated carbocycles. The Balaban J connectivity index is 1.58. The number of aryl methyl sites for hydroxylation is 2. The molecule has 4 aromatic rings. The molecule has 0 spiro atoms. The number of hydrogen-bond donors (Lipinski definition) is 1. The predicted molar refractivity (Wildman–Crippen MR) is 168 cm³/mol. The lowest BCUT2D eigenvalue weighted by molar-refractivity contribution is -0.141. The number of aromatic nitrogens is 1. The van der Waals surface area contributed by atoms with E-state index < -0.39 is 0 Å². The molecule has 0 fully saturated rings. The van der Waals surface area contributed by atoms with Crippen LogP contribution in [0, 0.1) is 5.41 Å². The molecule has 42 heavy (non-hydrogen) atoms. The Labute approximate surface area is 249 Å². The molecule has 0 aliphatic heterocycles. The SMILES string of the molecule is COC(=O)CCC(C)(C)CNC(=O)c1cc2ccc(Oc3ccc(C(C)(C)C)cc3)cc2c(CCc2ccccc2)n1. The molecule has 1 amide bonds. The summed E-state index contributed by atoms with van der Waals surface area (Å²) < 4.78 is 11.0. The molecule has 0 saturated heterocycles. The van der Waals surface area contributed by atoms with Crippen LogP contribution < -0.4 is 10.1 Å². The van der Waals surface area contributed by atoms with Crippen molar-refractivity contribution in [2.24, 2.45) is 5.41 Å². The van der Waals surface area contributed by atoms with E-state index in [1.54, 1.807) is 0 Å². The van der Waals surface area contributed by atoms with Crippen LogP contribution in [0.3, 0.4) is 0 Å². The highest BCUT2D eigenvalue weighted by Crippen LogP contribution is 2.30. The summed E-state index contributed by atoms with van der Waals surface area (Å²) in [5.41, 5.74) is 3.48. The number of fused-ring (bicyclic) bond motifs is 1. The fourth-order valence-electron chi connectivity index (χ4n) is 4.77. The number of methoxy groups -OCH3 is 1. The average Bonchev–Trinajstić information content (AvgIpc) is 2.97. The summed E-state index contributed by atoms with van der Waals surface area (Å²) in [5.74, 6) is 1.01. The first-order valence-electron chi connectivity index (χ1n) is 14.5. The van der Waals surface area contributed by atoms with Crippen LogP contribution in [-0.4, -0.2) is 30.5 Å². The van der Waals surface area contributed by atoms with E-state index in [-0.39, 0.29) is 22.7 Å². The zero-order valence-electron chi connectivity index (χ0n) is 25.6. The van der Waals surface area contributed by atoms with Crippen LogP contribution in [-0.2, 0) is 27.8 Å². The molecule has 0 atom stereocenters. The van der Waals surface area contributed by atoms with Crippen molar-refractivity contribution in [3.8, 4) is 11.5 Å². The lowest BCUT2D eigenvalue weighted by Gasteiger charge is -2.24. The summed E-state index contributed by atoms with van der Waals surface area (Å²) in [7, 11) is 1.39. The van der Waals surface area contributed by atoms with E-state index in [4.69, 9.17) is 14.5 Å². The van der Waals surface area contributed by atoms with E-state index in [2.05, 4.69) is 50.4 Å². The lowest BCUT2D eigenvalue weighted by atomic mass is 9.87. The second kappa shape index (κ2) is 13.2. The van der Waals surface area contributed by atoms with Gasteiger partial charge in [0.1, 0.15) is 17.2 Å². The Bertz CT molecular complexity index is 1520. The molecule has 1 heterocycles. The zero-order valence-corrected chi connectivity index (χ0v) is 25.6. The van der Waals surface area contributed by atoms with Gasteiger partial charge in [0.15, 0.2) is 0 Å². The molecule has 6 nitrogen and oxygen atoms in total. The molecule has 0 aliphatic carbocycles. The van der Waals surface area contributed by atoms with Gasteiger partial charge in [-0.2, -0.15) is 0 Å². The standard InChI is InChI=1S/C36H42N2O4/c1-35(2,3)27-14-17-28(18-15-27)42-29-16-13-26-22-32(34(40)37-24-36(4,5)21-20-33(39)41-6)38-31(30(26)23-29)19-12-25-10-8-7-9-11-25/h7-11,13-18,22-23H,12,19-21,24H2,1-6H3,(H,37,40). The van der Waals surface area contributed by atoms with Gasteiger partial charge in [-0.15, -0.1) is 0 Å². The highest BCUT2D eigenvalue weighted by atomic mass is 16.5. The summed E-state index contributed by atoms with van der Waals surface area (Å²) in [5, 5.41) is 4.92. The molecule has 220 valence electrons. The molecular formula is C36H42N2O4. The van der Waals surface area contributed by atoms with Crippen molar-refractivity contribution >= 4 is 22.6 Å². The van der Waals surface area contributed by atoms with Crippen LogP contribution in [0.1, 0.15) is 74.8 Å². The molecular weight excluding hydrogens is 524 g/mol. The predicted octanol–water partition coefficient (Wildman–Crippen LogP) is 7.82. The van der Waals surface area contributed by atoms with Crippen molar-refractivity contribution in [2.75, 3.05) is 13.7 Å². The van der Waals surface area contributed by atoms with Gasteiger partial charge in [-0.3, -0.25) is 9.59 Å². The van der Waals surface area contributed by atoms with Gasteiger partial charge >= 0.3 is 5.97 Å². The van der Waals surface area contributed by atoms with Gasteiger partial charge in [0.2, 0.25) is 0 Å². The Morgan fingerprint density at radius 1 is 0.833 bits per heavy atom. The number of nitrogens with zero attached hydrogens (tertiary/aromatic N) is 1. The van der Waals surface area contributed by atoms with E-state index in [0.717, 1.165) is 34.4 Å². The van der Waals surface area contributed by atoms with Gasteiger partial charge in [0.25, 0.3) is 5.91 Å². The molecule has 1 aromatic heterocycles. The Hall–Kier alpha value is -4.19. The number of carbonyl (C=O) groups excluding carboxylic acids is 2. The van der Waals surface area contributed by atoms with Crippen LogP contribution in [0.5, 0.6) is 11.5 Å².